The van der Waals surface area contributed by atoms with Crippen molar-refractivity contribution in [3.8, 4) is 0 Å². The highest BCUT2D eigenvalue weighted by atomic mass is 35.5. The first kappa shape index (κ1) is 36.6. The van der Waals surface area contributed by atoms with Crippen LogP contribution >= 0.6 is 11.6 Å². The zero-order chi connectivity index (χ0) is 35.6. The molecule has 1 heterocycles. The summed E-state index contributed by atoms with van der Waals surface area (Å²) in [5.41, 5.74) is 2.15. The summed E-state index contributed by atoms with van der Waals surface area (Å²) in [4.78, 5) is 27.4. The van der Waals surface area contributed by atoms with Crippen LogP contribution in [0.15, 0.2) is 95.9 Å². The molecular formula is C38H44ClN5O6S. The first-order valence-corrected chi connectivity index (χ1v) is 19.4. The molecule has 2 aliphatic rings. The Kier molecular flexibility index (Phi) is 12.4. The maximum atomic E-state index is 13.9. The fourth-order valence-electron chi connectivity index (χ4n) is 6.69. The van der Waals surface area contributed by atoms with Crippen molar-refractivity contribution < 1.29 is 27.5 Å². The predicted octanol–water partition coefficient (Wildman–Crippen LogP) is 6.24. The molecule has 11 nitrogen and oxygen atoms in total. The smallest absolute Gasteiger partial charge is 0.269 e. The van der Waals surface area contributed by atoms with Gasteiger partial charge in [0.2, 0.25) is 5.91 Å². The van der Waals surface area contributed by atoms with E-state index in [1.807, 2.05) is 60.7 Å². The van der Waals surface area contributed by atoms with Crippen LogP contribution in [0.3, 0.4) is 0 Å². The van der Waals surface area contributed by atoms with Gasteiger partial charge >= 0.3 is 0 Å². The molecule has 0 aliphatic heterocycles. The maximum Gasteiger partial charge on any atom is 0.269 e. The topological polar surface area (TPSA) is 141 Å². The molecule has 1 unspecified atom stereocenters. The van der Waals surface area contributed by atoms with E-state index in [4.69, 9.17) is 21.1 Å². The fourth-order valence-corrected chi connectivity index (χ4v) is 7.80. The van der Waals surface area contributed by atoms with Crippen LogP contribution < -0.4 is 15.4 Å². The molecule has 2 saturated carbocycles. The predicted molar refractivity (Wildman–Crippen MR) is 195 cm³/mol. The number of ether oxygens (including phenoxy) is 2. The van der Waals surface area contributed by atoms with Gasteiger partial charge in [0.1, 0.15) is 12.2 Å². The number of rotatable bonds is 14. The number of aromatic nitrogens is 2. The van der Waals surface area contributed by atoms with Crippen molar-refractivity contribution in [2.75, 3.05) is 4.72 Å². The molecule has 2 aliphatic carbocycles. The molecule has 3 aromatic carbocycles. The lowest BCUT2D eigenvalue weighted by atomic mass is 9.92. The van der Waals surface area contributed by atoms with Gasteiger partial charge in [0.05, 0.1) is 42.4 Å². The fraction of sp³-hybridized carbons (Fsp3) is 0.395. The summed E-state index contributed by atoms with van der Waals surface area (Å²) in [6, 6.07) is 26.3. The maximum absolute atomic E-state index is 13.9. The molecule has 270 valence electrons. The summed E-state index contributed by atoms with van der Waals surface area (Å²) in [7, 11) is -4.07. The minimum absolute atomic E-state index is 0.0235. The van der Waals surface area contributed by atoms with Crippen LogP contribution in [0.25, 0.3) is 0 Å². The van der Waals surface area contributed by atoms with Gasteiger partial charge in [0, 0.05) is 11.1 Å². The highest BCUT2D eigenvalue weighted by Gasteiger charge is 2.31. The molecule has 0 saturated heterocycles. The van der Waals surface area contributed by atoms with Gasteiger partial charge in [-0.1, -0.05) is 97.9 Å². The molecule has 2 fully saturated rings. The van der Waals surface area contributed by atoms with E-state index in [-0.39, 0.29) is 53.2 Å². The van der Waals surface area contributed by atoms with Gasteiger partial charge in [0.15, 0.2) is 5.82 Å². The van der Waals surface area contributed by atoms with Crippen molar-refractivity contribution in [2.24, 2.45) is 0 Å². The number of carbonyl (C=O) groups excluding carboxylic acids is 2. The Morgan fingerprint density at radius 1 is 0.745 bits per heavy atom. The SMILES string of the molecule is O=C(Cn1nc(NS(=O)(=O)c2ccc(Cl)cc2)cc1C(=O)NC1CCCC[C@@H]1OCc1ccccc1)N[C@H]1CCCC[C@@H]1OCc1ccccc1. The van der Waals surface area contributed by atoms with Gasteiger partial charge < -0.3 is 20.1 Å². The second kappa shape index (κ2) is 17.3. The highest BCUT2D eigenvalue weighted by Crippen LogP contribution is 2.25. The highest BCUT2D eigenvalue weighted by molar-refractivity contribution is 7.92. The van der Waals surface area contributed by atoms with Crippen LogP contribution in [0.4, 0.5) is 5.82 Å². The Balaban J connectivity index is 1.18. The molecule has 13 heteroatoms. The Hall–Kier alpha value is -4.23. The number of amides is 2. The Morgan fingerprint density at radius 2 is 1.27 bits per heavy atom. The van der Waals surface area contributed by atoms with Crippen LogP contribution in [-0.4, -0.2) is 54.3 Å². The largest absolute Gasteiger partial charge is 0.371 e. The molecular weight excluding hydrogens is 690 g/mol. The second-order valence-electron chi connectivity index (χ2n) is 13.1. The normalized spacial score (nSPS) is 20.7. The summed E-state index contributed by atoms with van der Waals surface area (Å²) in [5.74, 6) is -0.930. The standard InChI is InChI=1S/C38H44ClN5O6S/c39-29-19-21-30(22-20-29)51(47,48)43-36-23-33(38(46)41-32-16-8-10-18-35(32)50-26-28-13-5-2-6-14-28)44(42-36)24-37(45)40-31-15-7-9-17-34(31)49-25-27-11-3-1-4-12-27/h1-6,11-14,19-23,31-32,34-35H,7-10,15-18,24-26H2,(H,40,45)(H,41,46)(H,42,43)/t31-,32?,34-,35-/m0/s1. The van der Waals surface area contributed by atoms with Crippen LogP contribution in [-0.2, 0) is 44.1 Å². The van der Waals surface area contributed by atoms with Crippen molar-refractivity contribution in [3.63, 3.8) is 0 Å². The van der Waals surface area contributed by atoms with Gasteiger partial charge in [-0.25, -0.2) is 13.1 Å². The van der Waals surface area contributed by atoms with Gasteiger partial charge in [-0.2, -0.15) is 5.10 Å². The molecule has 3 N–H and O–H groups in total. The van der Waals surface area contributed by atoms with E-state index in [2.05, 4.69) is 20.5 Å². The van der Waals surface area contributed by atoms with E-state index in [1.54, 1.807) is 0 Å². The third kappa shape index (κ3) is 10.2. The Labute approximate surface area is 304 Å². The van der Waals surface area contributed by atoms with E-state index in [1.165, 1.54) is 35.0 Å². The average molecular weight is 734 g/mol. The molecule has 0 bridgehead atoms. The van der Waals surface area contributed by atoms with Gasteiger partial charge in [-0.15, -0.1) is 0 Å². The van der Waals surface area contributed by atoms with Crippen molar-refractivity contribution in [1.29, 1.82) is 0 Å². The van der Waals surface area contributed by atoms with E-state index < -0.39 is 15.9 Å². The first-order chi connectivity index (χ1) is 24.7. The van der Waals surface area contributed by atoms with E-state index >= 15 is 0 Å². The average Bonchev–Trinajstić information content (AvgIpc) is 3.52. The lowest BCUT2D eigenvalue weighted by molar-refractivity contribution is -0.124. The van der Waals surface area contributed by atoms with Gasteiger partial charge in [-0.3, -0.25) is 14.3 Å². The number of anilines is 1. The van der Waals surface area contributed by atoms with Crippen molar-refractivity contribution in [3.05, 3.63) is 113 Å². The zero-order valence-electron chi connectivity index (χ0n) is 28.4. The lowest BCUT2D eigenvalue weighted by Gasteiger charge is -2.32. The van der Waals surface area contributed by atoms with E-state index in [0.717, 1.165) is 62.5 Å². The Bertz CT molecular complexity index is 1860. The summed E-state index contributed by atoms with van der Waals surface area (Å²) in [5, 5.41) is 11.0. The monoisotopic (exact) mass is 733 g/mol. The summed E-state index contributed by atoms with van der Waals surface area (Å²) >= 11 is 5.96. The number of hydrogen-bond donors (Lipinski definition) is 3. The molecule has 0 spiro atoms. The van der Waals surface area contributed by atoms with Crippen molar-refractivity contribution in [2.45, 2.75) is 100 Å². The van der Waals surface area contributed by atoms with Gasteiger partial charge in [-0.05, 0) is 61.1 Å². The lowest BCUT2D eigenvalue weighted by Crippen LogP contribution is -2.48. The zero-order valence-corrected chi connectivity index (χ0v) is 30.0. The van der Waals surface area contributed by atoms with Crippen LogP contribution in [0.2, 0.25) is 5.02 Å². The molecule has 51 heavy (non-hydrogen) atoms. The van der Waals surface area contributed by atoms with E-state index in [0.29, 0.717) is 18.2 Å². The summed E-state index contributed by atoms with van der Waals surface area (Å²) in [6.07, 6.45) is 6.60. The van der Waals surface area contributed by atoms with Crippen LogP contribution in [0.1, 0.15) is 73.0 Å². The number of sulfonamides is 1. The van der Waals surface area contributed by atoms with Crippen molar-refractivity contribution in [1.82, 2.24) is 20.4 Å². The Morgan fingerprint density at radius 3 is 1.84 bits per heavy atom. The first-order valence-electron chi connectivity index (χ1n) is 17.5. The molecule has 4 atom stereocenters. The van der Waals surface area contributed by atoms with Gasteiger partial charge in [0.25, 0.3) is 15.9 Å². The number of nitrogens with one attached hydrogen (secondary N) is 3. The number of carbonyl (C=O) groups is 2. The number of benzene rings is 3. The molecule has 6 rings (SSSR count). The number of halogens is 1. The number of nitrogens with zero attached hydrogens (tertiary/aromatic N) is 2. The molecule has 4 aromatic rings. The minimum Gasteiger partial charge on any atom is -0.371 e. The van der Waals surface area contributed by atoms with Crippen LogP contribution in [0.5, 0.6) is 0 Å². The number of hydrogen-bond acceptors (Lipinski definition) is 7. The third-order valence-corrected chi connectivity index (χ3v) is 11.0. The molecule has 1 aromatic heterocycles. The van der Waals surface area contributed by atoms with Crippen LogP contribution in [0, 0.1) is 0 Å². The van der Waals surface area contributed by atoms with E-state index in [9.17, 15) is 18.0 Å². The summed E-state index contributed by atoms with van der Waals surface area (Å²) < 4.78 is 42.7. The molecule has 0 radical (unpaired) electrons. The second-order valence-corrected chi connectivity index (χ2v) is 15.2. The third-order valence-electron chi connectivity index (χ3n) is 9.35. The summed E-state index contributed by atoms with van der Waals surface area (Å²) in [6.45, 7) is 0.561. The van der Waals surface area contributed by atoms with Crippen molar-refractivity contribution >= 4 is 39.3 Å². The molecule has 2 amide bonds. The minimum atomic E-state index is -4.07. The quantitative estimate of drug-likeness (QED) is 0.139.